The van der Waals surface area contributed by atoms with E-state index in [1.807, 2.05) is 0 Å². The van der Waals surface area contributed by atoms with Crippen LogP contribution in [0.1, 0.15) is 31.7 Å². The van der Waals surface area contributed by atoms with Gasteiger partial charge in [-0.3, -0.25) is 24.0 Å². The Morgan fingerprint density at radius 2 is 1.78 bits per heavy atom. The quantitative estimate of drug-likeness (QED) is 0.305. The van der Waals surface area contributed by atoms with Crippen LogP contribution in [0.3, 0.4) is 0 Å². The number of hydrogen-bond donors (Lipinski definition) is 5. The molecule has 11 heteroatoms. The van der Waals surface area contributed by atoms with E-state index in [4.69, 9.17) is 15.9 Å². The standard InChI is InChI=1S/C21H28N4O7/c1-12(21(31)32)23-19(29)16-8-5-9-25(16)20(30)15(10-13-6-3-2-4-7-13)24-18(28)14(22)11-17(26)27/h2-4,6-7,12,14-16H,5,8-11,22H2,1H3,(H,23,29)(H,24,28)(H,26,27)(H,31,32). The molecule has 0 radical (unpaired) electrons. The molecule has 1 aromatic rings. The highest BCUT2D eigenvalue weighted by Crippen LogP contribution is 2.20. The fraction of sp³-hybridized carbons (Fsp3) is 0.476. The number of nitrogens with one attached hydrogen (secondary N) is 2. The predicted molar refractivity (Wildman–Crippen MR) is 112 cm³/mol. The van der Waals surface area contributed by atoms with E-state index in [2.05, 4.69) is 10.6 Å². The highest BCUT2D eigenvalue weighted by molar-refractivity contribution is 5.95. The lowest BCUT2D eigenvalue weighted by molar-refractivity contribution is -0.144. The van der Waals surface area contributed by atoms with E-state index < -0.39 is 60.2 Å². The van der Waals surface area contributed by atoms with Gasteiger partial charge in [-0.05, 0) is 25.3 Å². The van der Waals surface area contributed by atoms with Gasteiger partial charge in [0.1, 0.15) is 18.1 Å². The zero-order valence-corrected chi connectivity index (χ0v) is 17.7. The highest BCUT2D eigenvalue weighted by atomic mass is 16.4. The number of nitrogens with two attached hydrogens (primary N) is 1. The Bertz CT molecular complexity index is 861. The van der Waals surface area contributed by atoms with Gasteiger partial charge in [0.05, 0.1) is 12.5 Å². The Hall–Kier alpha value is -3.47. The first-order valence-electron chi connectivity index (χ1n) is 10.3. The van der Waals surface area contributed by atoms with Gasteiger partial charge in [-0.15, -0.1) is 0 Å². The maximum absolute atomic E-state index is 13.3. The molecule has 1 fully saturated rings. The maximum atomic E-state index is 13.3. The summed E-state index contributed by atoms with van der Waals surface area (Å²) < 4.78 is 0. The van der Waals surface area contributed by atoms with Crippen molar-refractivity contribution in [1.82, 2.24) is 15.5 Å². The molecule has 3 amide bonds. The lowest BCUT2D eigenvalue weighted by atomic mass is 10.0. The van der Waals surface area contributed by atoms with Crippen LogP contribution in [0, 0.1) is 0 Å². The molecule has 1 aliphatic heterocycles. The first kappa shape index (κ1) is 24.8. The van der Waals surface area contributed by atoms with E-state index in [9.17, 15) is 24.0 Å². The van der Waals surface area contributed by atoms with Crippen LogP contribution in [0.15, 0.2) is 30.3 Å². The first-order valence-corrected chi connectivity index (χ1v) is 10.3. The minimum Gasteiger partial charge on any atom is -0.481 e. The molecule has 1 aliphatic rings. The largest absolute Gasteiger partial charge is 0.481 e. The molecule has 1 saturated heterocycles. The Kier molecular flexibility index (Phi) is 8.71. The van der Waals surface area contributed by atoms with E-state index in [1.165, 1.54) is 11.8 Å². The minimum absolute atomic E-state index is 0.113. The van der Waals surface area contributed by atoms with Crippen LogP contribution in [0.5, 0.6) is 0 Å². The van der Waals surface area contributed by atoms with Crippen molar-refractivity contribution in [2.75, 3.05) is 6.54 Å². The number of aliphatic carboxylic acids is 2. The zero-order valence-electron chi connectivity index (χ0n) is 17.7. The summed E-state index contributed by atoms with van der Waals surface area (Å²) in [5.74, 6) is -4.34. The smallest absolute Gasteiger partial charge is 0.325 e. The van der Waals surface area contributed by atoms with Gasteiger partial charge in [0, 0.05) is 13.0 Å². The summed E-state index contributed by atoms with van der Waals surface area (Å²) in [5, 5.41) is 22.8. The molecular formula is C21H28N4O7. The molecule has 4 atom stereocenters. The lowest BCUT2D eigenvalue weighted by Gasteiger charge is -2.29. The van der Waals surface area contributed by atoms with Crippen molar-refractivity contribution in [2.45, 2.75) is 56.8 Å². The topological polar surface area (TPSA) is 179 Å². The number of carboxylic acids is 2. The fourth-order valence-corrected chi connectivity index (χ4v) is 3.48. The van der Waals surface area contributed by atoms with Gasteiger partial charge in [0.25, 0.3) is 0 Å². The van der Waals surface area contributed by atoms with Gasteiger partial charge < -0.3 is 31.5 Å². The summed E-state index contributed by atoms with van der Waals surface area (Å²) >= 11 is 0. The highest BCUT2D eigenvalue weighted by Gasteiger charge is 2.38. The minimum atomic E-state index is -1.34. The van der Waals surface area contributed by atoms with Gasteiger partial charge in [-0.25, -0.2) is 0 Å². The molecule has 32 heavy (non-hydrogen) atoms. The van der Waals surface area contributed by atoms with E-state index >= 15 is 0 Å². The number of carbonyl (C=O) groups excluding carboxylic acids is 3. The second-order valence-corrected chi connectivity index (χ2v) is 7.71. The molecule has 1 heterocycles. The van der Waals surface area contributed by atoms with Crippen molar-refractivity contribution in [3.63, 3.8) is 0 Å². The second kappa shape index (κ2) is 11.2. The maximum Gasteiger partial charge on any atom is 0.325 e. The van der Waals surface area contributed by atoms with E-state index in [-0.39, 0.29) is 13.0 Å². The molecule has 11 nitrogen and oxygen atoms in total. The molecule has 0 bridgehead atoms. The molecule has 0 aliphatic carbocycles. The molecule has 0 spiro atoms. The summed E-state index contributed by atoms with van der Waals surface area (Å²) in [6.07, 6.45) is 0.408. The van der Waals surface area contributed by atoms with Crippen LogP contribution in [0.4, 0.5) is 0 Å². The lowest BCUT2D eigenvalue weighted by Crippen LogP contribution is -2.57. The monoisotopic (exact) mass is 448 g/mol. The van der Waals surface area contributed by atoms with Crippen molar-refractivity contribution in [3.8, 4) is 0 Å². The first-order chi connectivity index (χ1) is 15.1. The van der Waals surface area contributed by atoms with E-state index in [0.29, 0.717) is 12.8 Å². The number of nitrogens with zero attached hydrogens (tertiary/aromatic N) is 1. The Balaban J connectivity index is 2.20. The number of rotatable bonds is 10. The van der Waals surface area contributed by atoms with Crippen molar-refractivity contribution in [2.24, 2.45) is 5.73 Å². The van der Waals surface area contributed by atoms with Crippen molar-refractivity contribution in [1.29, 1.82) is 0 Å². The van der Waals surface area contributed by atoms with Gasteiger partial charge >= 0.3 is 11.9 Å². The average molecular weight is 448 g/mol. The summed E-state index contributed by atoms with van der Waals surface area (Å²) in [5.41, 5.74) is 6.38. The van der Waals surface area contributed by atoms with Crippen LogP contribution in [-0.4, -0.2) is 75.5 Å². The number of likely N-dealkylation sites (tertiary alicyclic amines) is 1. The number of benzene rings is 1. The van der Waals surface area contributed by atoms with Gasteiger partial charge in [0.15, 0.2) is 0 Å². The Morgan fingerprint density at radius 1 is 1.12 bits per heavy atom. The van der Waals surface area contributed by atoms with Crippen LogP contribution in [0.25, 0.3) is 0 Å². The molecule has 4 unspecified atom stereocenters. The summed E-state index contributed by atoms with van der Waals surface area (Å²) in [6.45, 7) is 1.59. The fourth-order valence-electron chi connectivity index (χ4n) is 3.48. The average Bonchev–Trinajstić information content (AvgIpc) is 3.22. The zero-order chi connectivity index (χ0) is 23.8. The molecule has 1 aromatic carbocycles. The third-order valence-corrected chi connectivity index (χ3v) is 5.20. The van der Waals surface area contributed by atoms with Gasteiger partial charge in [0.2, 0.25) is 17.7 Å². The summed E-state index contributed by atoms with van der Waals surface area (Å²) in [6, 6.07) is 4.48. The third kappa shape index (κ3) is 6.77. The molecule has 2 rings (SSSR count). The van der Waals surface area contributed by atoms with Crippen molar-refractivity contribution >= 4 is 29.7 Å². The number of carbonyl (C=O) groups is 5. The van der Waals surface area contributed by atoms with Crippen LogP contribution >= 0.6 is 0 Å². The SMILES string of the molecule is CC(NC(=O)C1CCCN1C(=O)C(Cc1ccccc1)NC(=O)C(N)CC(=O)O)C(=O)O. The molecule has 174 valence electrons. The Labute approximate surface area is 184 Å². The van der Waals surface area contributed by atoms with Crippen LogP contribution in [0.2, 0.25) is 0 Å². The third-order valence-electron chi connectivity index (χ3n) is 5.20. The van der Waals surface area contributed by atoms with Gasteiger partial charge in [-0.2, -0.15) is 0 Å². The van der Waals surface area contributed by atoms with Gasteiger partial charge in [-0.1, -0.05) is 30.3 Å². The van der Waals surface area contributed by atoms with Crippen molar-refractivity contribution in [3.05, 3.63) is 35.9 Å². The number of amides is 3. The van der Waals surface area contributed by atoms with Crippen LogP contribution < -0.4 is 16.4 Å². The number of hydrogen-bond acceptors (Lipinski definition) is 6. The normalized spacial score (nSPS) is 18.3. The molecular weight excluding hydrogens is 420 g/mol. The number of carboxylic acid groups (broad SMARTS) is 2. The second-order valence-electron chi connectivity index (χ2n) is 7.71. The van der Waals surface area contributed by atoms with E-state index in [1.54, 1.807) is 30.3 Å². The van der Waals surface area contributed by atoms with Crippen molar-refractivity contribution < 1.29 is 34.2 Å². The molecule has 6 N–H and O–H groups in total. The van der Waals surface area contributed by atoms with E-state index in [0.717, 1.165) is 5.56 Å². The molecule has 0 aromatic heterocycles. The Morgan fingerprint density at radius 3 is 2.38 bits per heavy atom. The summed E-state index contributed by atoms with van der Waals surface area (Å²) in [7, 11) is 0. The predicted octanol–water partition coefficient (Wildman–Crippen LogP) is -0.904. The summed E-state index contributed by atoms with van der Waals surface area (Å²) in [4.78, 5) is 61.5. The molecule has 0 saturated carbocycles. The van der Waals surface area contributed by atoms with Crippen LogP contribution in [-0.2, 0) is 30.4 Å².